The van der Waals surface area contributed by atoms with Gasteiger partial charge in [0.05, 0.1) is 0 Å². The molecule has 3 heteroatoms. The second-order valence-corrected chi connectivity index (χ2v) is 13.0. The van der Waals surface area contributed by atoms with Crippen molar-refractivity contribution >= 4 is 50.4 Å². The largest absolute Gasteiger partial charge is 0.457 e. The molecule has 0 fully saturated rings. The number of hydrogen-bond donors (Lipinski definition) is 0. The lowest BCUT2D eigenvalue weighted by Crippen LogP contribution is -2.77. The SMILES string of the molecule is c1ccc([Si]23c4cc5ccccc5cc4Oc4cccc(c42)Oc2cc4ccccc4cc23)cc1. The maximum atomic E-state index is 6.64. The molecule has 0 radical (unpaired) electrons. The van der Waals surface area contributed by atoms with Gasteiger partial charge in [0.25, 0.3) is 0 Å². The van der Waals surface area contributed by atoms with Gasteiger partial charge in [0.2, 0.25) is 0 Å². The summed E-state index contributed by atoms with van der Waals surface area (Å²) >= 11 is 0. The van der Waals surface area contributed by atoms with Crippen LogP contribution in [-0.2, 0) is 0 Å². The maximum Gasteiger partial charge on any atom is 0.197 e. The van der Waals surface area contributed by atoms with Crippen molar-refractivity contribution in [1.82, 2.24) is 0 Å². The van der Waals surface area contributed by atoms with Crippen LogP contribution >= 0.6 is 0 Å². The molecule has 0 spiro atoms. The summed E-state index contributed by atoms with van der Waals surface area (Å²) < 4.78 is 13.3. The van der Waals surface area contributed by atoms with E-state index in [1.165, 1.54) is 42.3 Å². The molecule has 0 atom stereocenters. The molecule has 35 heavy (non-hydrogen) atoms. The minimum Gasteiger partial charge on any atom is -0.457 e. The Morgan fingerprint density at radius 3 is 1.37 bits per heavy atom. The molecule has 6 aromatic carbocycles. The normalized spacial score (nSPS) is 14.4. The van der Waals surface area contributed by atoms with Gasteiger partial charge in [-0.25, -0.2) is 0 Å². The molecule has 2 nitrogen and oxygen atoms in total. The highest BCUT2D eigenvalue weighted by Gasteiger charge is 2.53. The van der Waals surface area contributed by atoms with E-state index in [0.29, 0.717) is 0 Å². The Morgan fingerprint density at radius 2 is 0.857 bits per heavy atom. The quantitative estimate of drug-likeness (QED) is 0.295. The van der Waals surface area contributed by atoms with E-state index in [1.807, 2.05) is 6.07 Å². The van der Waals surface area contributed by atoms with Crippen LogP contribution in [0.15, 0.2) is 121 Å². The van der Waals surface area contributed by atoms with E-state index in [9.17, 15) is 0 Å². The molecular weight excluding hydrogens is 444 g/mol. The number of hydrogen-bond acceptors (Lipinski definition) is 2. The van der Waals surface area contributed by atoms with Crippen LogP contribution in [0.1, 0.15) is 0 Å². The second kappa shape index (κ2) is 6.84. The van der Waals surface area contributed by atoms with Crippen LogP contribution in [0.25, 0.3) is 21.5 Å². The third-order valence-corrected chi connectivity index (χ3v) is 12.4. The fourth-order valence-electron chi connectivity index (χ4n) is 6.04. The minimum atomic E-state index is -2.74. The standard InChI is InChI=1S/C32H20O2Si/c1-2-13-25(14-3-1)35-30-19-23-11-6-4-9-21(23)17-28(30)33-26-15-8-16-27(32(26)35)34-29-18-22-10-5-7-12-24(22)20-31(29)35/h1-20H. The highest BCUT2D eigenvalue weighted by atomic mass is 28.3. The molecule has 0 aromatic heterocycles. The van der Waals surface area contributed by atoms with Crippen LogP contribution in [0.3, 0.4) is 0 Å². The molecule has 0 bridgehead atoms. The average molecular weight is 465 g/mol. The van der Waals surface area contributed by atoms with E-state index in [0.717, 1.165) is 23.0 Å². The first kappa shape index (κ1) is 19.0. The first-order valence-corrected chi connectivity index (χ1v) is 13.9. The van der Waals surface area contributed by atoms with Crippen LogP contribution in [0.5, 0.6) is 23.0 Å². The molecule has 0 unspecified atom stereocenters. The van der Waals surface area contributed by atoms with Crippen LogP contribution in [0.4, 0.5) is 0 Å². The molecule has 2 aliphatic rings. The van der Waals surface area contributed by atoms with Gasteiger partial charge < -0.3 is 9.47 Å². The number of rotatable bonds is 1. The topological polar surface area (TPSA) is 18.5 Å². The van der Waals surface area contributed by atoms with Gasteiger partial charge in [0, 0.05) is 5.19 Å². The van der Waals surface area contributed by atoms with Crippen molar-refractivity contribution in [1.29, 1.82) is 0 Å². The van der Waals surface area contributed by atoms with E-state index in [4.69, 9.17) is 9.47 Å². The summed E-state index contributed by atoms with van der Waals surface area (Å²) in [6.45, 7) is 0. The lowest BCUT2D eigenvalue weighted by Gasteiger charge is -2.43. The highest BCUT2D eigenvalue weighted by molar-refractivity contribution is 7.21. The first-order valence-electron chi connectivity index (χ1n) is 11.9. The number of fused-ring (bicyclic) bond motifs is 6. The lowest BCUT2D eigenvalue weighted by molar-refractivity contribution is 0.464. The summed E-state index contributed by atoms with van der Waals surface area (Å²) in [7, 11) is -2.74. The van der Waals surface area contributed by atoms with Gasteiger partial charge in [-0.3, -0.25) is 0 Å². The van der Waals surface area contributed by atoms with E-state index >= 15 is 0 Å². The third kappa shape index (κ3) is 2.48. The summed E-state index contributed by atoms with van der Waals surface area (Å²) in [5.41, 5.74) is 0. The van der Waals surface area contributed by atoms with Crippen molar-refractivity contribution in [2.45, 2.75) is 0 Å². The molecular formula is C32H20O2Si. The van der Waals surface area contributed by atoms with E-state index in [-0.39, 0.29) is 0 Å². The van der Waals surface area contributed by atoms with Crippen LogP contribution < -0.4 is 30.2 Å². The van der Waals surface area contributed by atoms with Gasteiger partial charge in [-0.1, -0.05) is 97.1 Å². The fraction of sp³-hybridized carbons (Fsp3) is 0. The zero-order valence-corrected chi connectivity index (χ0v) is 19.9. The monoisotopic (exact) mass is 464 g/mol. The molecule has 2 heterocycles. The number of benzene rings is 6. The van der Waals surface area contributed by atoms with Crippen LogP contribution in [0.2, 0.25) is 0 Å². The number of ether oxygens (including phenoxy) is 2. The first-order chi connectivity index (χ1) is 17.3. The van der Waals surface area contributed by atoms with Crippen molar-refractivity contribution in [2.24, 2.45) is 0 Å². The molecule has 0 saturated heterocycles. The zero-order chi connectivity index (χ0) is 23.0. The molecule has 0 saturated carbocycles. The van der Waals surface area contributed by atoms with E-state index < -0.39 is 8.07 Å². The van der Waals surface area contributed by atoms with Gasteiger partial charge in [0.1, 0.15) is 23.0 Å². The van der Waals surface area contributed by atoms with Crippen LogP contribution in [0, 0.1) is 0 Å². The van der Waals surface area contributed by atoms with Crippen molar-refractivity contribution in [2.75, 3.05) is 0 Å². The second-order valence-electron chi connectivity index (χ2n) is 9.34. The fourth-order valence-corrected chi connectivity index (χ4v) is 11.2. The third-order valence-electron chi connectivity index (χ3n) is 7.51. The van der Waals surface area contributed by atoms with Gasteiger partial charge >= 0.3 is 0 Å². The van der Waals surface area contributed by atoms with Crippen molar-refractivity contribution in [3.8, 4) is 23.0 Å². The molecule has 6 aromatic rings. The molecule has 8 rings (SSSR count). The maximum absolute atomic E-state index is 6.64. The molecule has 2 aliphatic heterocycles. The summed E-state index contributed by atoms with van der Waals surface area (Å²) in [6, 6.07) is 43.5. The van der Waals surface area contributed by atoms with Gasteiger partial charge in [0.15, 0.2) is 8.07 Å². The predicted octanol–water partition coefficient (Wildman–Crippen LogP) is 5.58. The highest BCUT2D eigenvalue weighted by Crippen LogP contribution is 2.40. The lowest BCUT2D eigenvalue weighted by atomic mass is 10.1. The molecule has 164 valence electrons. The minimum absolute atomic E-state index is 0.902. The Morgan fingerprint density at radius 1 is 0.400 bits per heavy atom. The van der Waals surface area contributed by atoms with E-state index in [2.05, 4.69) is 115 Å². The van der Waals surface area contributed by atoms with Gasteiger partial charge in [-0.15, -0.1) is 0 Å². The molecule has 0 amide bonds. The van der Waals surface area contributed by atoms with Gasteiger partial charge in [-0.05, 0) is 61.4 Å². The molecule has 0 aliphatic carbocycles. The Balaban J connectivity index is 1.61. The van der Waals surface area contributed by atoms with Crippen molar-refractivity contribution < 1.29 is 9.47 Å². The summed E-state index contributed by atoms with van der Waals surface area (Å²) in [6.07, 6.45) is 0. The van der Waals surface area contributed by atoms with Crippen molar-refractivity contribution in [3.63, 3.8) is 0 Å². The Bertz CT molecular complexity index is 1700. The van der Waals surface area contributed by atoms with Crippen LogP contribution in [-0.4, -0.2) is 8.07 Å². The summed E-state index contributed by atoms with van der Waals surface area (Å²) in [5.74, 6) is 3.70. The average Bonchev–Trinajstić information content (AvgIpc) is 2.91. The Labute approximate surface area is 204 Å². The van der Waals surface area contributed by atoms with Gasteiger partial charge in [-0.2, -0.15) is 0 Å². The Kier molecular flexibility index (Phi) is 3.72. The molecule has 0 N–H and O–H groups in total. The smallest absolute Gasteiger partial charge is 0.197 e. The van der Waals surface area contributed by atoms with E-state index in [1.54, 1.807) is 0 Å². The summed E-state index contributed by atoms with van der Waals surface area (Å²) in [5, 5.41) is 9.94. The van der Waals surface area contributed by atoms with Crippen molar-refractivity contribution in [3.05, 3.63) is 121 Å². The summed E-state index contributed by atoms with van der Waals surface area (Å²) in [4.78, 5) is 0. The zero-order valence-electron chi connectivity index (χ0n) is 18.9. The Hall–Kier alpha value is -4.34. The predicted molar refractivity (Wildman–Crippen MR) is 145 cm³/mol.